The number of benzene rings is 2. The summed E-state index contributed by atoms with van der Waals surface area (Å²) in [7, 11) is 1.66. The molecule has 0 saturated carbocycles. The second-order valence-electron chi connectivity index (χ2n) is 6.42. The number of hydrogen-bond donors (Lipinski definition) is 1. The third-order valence-corrected chi connectivity index (χ3v) is 4.84. The molecule has 0 aliphatic heterocycles. The highest BCUT2D eigenvalue weighted by molar-refractivity contribution is 6.04. The fourth-order valence-corrected chi connectivity index (χ4v) is 3.51. The lowest BCUT2D eigenvalue weighted by molar-refractivity contribution is 0.102. The number of fused-ring (bicyclic) bond motifs is 2. The lowest BCUT2D eigenvalue weighted by Gasteiger charge is -2.19. The van der Waals surface area contributed by atoms with E-state index in [9.17, 15) is 9.59 Å². The quantitative estimate of drug-likeness (QED) is 0.784. The van der Waals surface area contributed by atoms with Crippen molar-refractivity contribution in [2.75, 3.05) is 5.32 Å². The topological polar surface area (TPSA) is 64.0 Å². The Labute approximate surface area is 145 Å². The zero-order valence-electron chi connectivity index (χ0n) is 14.1. The molecule has 0 saturated heterocycles. The van der Waals surface area contributed by atoms with Gasteiger partial charge in [-0.15, -0.1) is 0 Å². The summed E-state index contributed by atoms with van der Waals surface area (Å²) in [5.74, 6) is -0.453. The highest BCUT2D eigenvalue weighted by Crippen LogP contribution is 2.28. The first-order chi connectivity index (χ1) is 12.1. The van der Waals surface area contributed by atoms with Gasteiger partial charge >= 0.3 is 0 Å². The third-order valence-electron chi connectivity index (χ3n) is 4.84. The van der Waals surface area contributed by atoms with Crippen molar-refractivity contribution in [1.29, 1.82) is 0 Å². The summed E-state index contributed by atoms with van der Waals surface area (Å²) >= 11 is 0. The first-order valence-electron chi connectivity index (χ1n) is 8.53. The Bertz CT molecular complexity index is 1040. The highest BCUT2D eigenvalue weighted by atomic mass is 16.2. The molecule has 1 aliphatic carbocycles. The summed E-state index contributed by atoms with van der Waals surface area (Å²) in [6, 6.07) is 13.3. The number of nitrogens with zero attached hydrogens (tertiary/aromatic N) is 2. The lowest BCUT2D eigenvalue weighted by Crippen LogP contribution is -2.30. The van der Waals surface area contributed by atoms with Gasteiger partial charge in [0.1, 0.15) is 0 Å². The van der Waals surface area contributed by atoms with Gasteiger partial charge in [-0.3, -0.25) is 9.59 Å². The molecule has 0 spiro atoms. The van der Waals surface area contributed by atoms with Crippen LogP contribution in [0.5, 0.6) is 0 Å². The smallest absolute Gasteiger partial charge is 0.282 e. The Kier molecular flexibility index (Phi) is 3.84. The number of hydrogen-bond acceptors (Lipinski definition) is 3. The van der Waals surface area contributed by atoms with Crippen LogP contribution in [-0.4, -0.2) is 15.5 Å². The van der Waals surface area contributed by atoms with Gasteiger partial charge < -0.3 is 9.88 Å². The van der Waals surface area contributed by atoms with Crippen LogP contribution in [0, 0.1) is 0 Å². The summed E-state index contributed by atoms with van der Waals surface area (Å²) in [5, 5.41) is 2.90. The van der Waals surface area contributed by atoms with E-state index in [1.165, 1.54) is 22.1 Å². The largest absolute Gasteiger partial charge is 0.320 e. The summed E-state index contributed by atoms with van der Waals surface area (Å²) in [5.41, 5.74) is 4.13. The SMILES string of the molecule is Cn1c(=O)c(C(=O)Nc2cccc3c2CCCC3)nc2ccccc21. The van der Waals surface area contributed by atoms with Crippen molar-refractivity contribution in [1.82, 2.24) is 9.55 Å². The molecule has 0 radical (unpaired) electrons. The predicted octanol–water partition coefficient (Wildman–Crippen LogP) is 3.06. The Hall–Kier alpha value is -2.95. The van der Waals surface area contributed by atoms with E-state index in [2.05, 4.69) is 16.4 Å². The number of para-hydroxylation sites is 2. The molecule has 0 atom stereocenters. The van der Waals surface area contributed by atoms with Gasteiger partial charge in [-0.05, 0) is 55.0 Å². The molecule has 25 heavy (non-hydrogen) atoms. The normalized spacial score (nSPS) is 13.5. The first-order valence-corrected chi connectivity index (χ1v) is 8.53. The minimum absolute atomic E-state index is 0.0744. The van der Waals surface area contributed by atoms with E-state index in [1.54, 1.807) is 13.1 Å². The van der Waals surface area contributed by atoms with Gasteiger partial charge in [-0.25, -0.2) is 4.98 Å². The van der Waals surface area contributed by atoms with Crippen LogP contribution in [0.2, 0.25) is 0 Å². The average Bonchev–Trinajstić information content (AvgIpc) is 2.65. The van der Waals surface area contributed by atoms with Crippen molar-refractivity contribution in [3.05, 3.63) is 69.6 Å². The molecule has 3 aromatic rings. The van der Waals surface area contributed by atoms with Crippen molar-refractivity contribution < 1.29 is 4.79 Å². The van der Waals surface area contributed by atoms with Crippen LogP contribution in [0.25, 0.3) is 11.0 Å². The van der Waals surface area contributed by atoms with Crippen LogP contribution >= 0.6 is 0 Å². The molecular weight excluding hydrogens is 314 g/mol. The van der Waals surface area contributed by atoms with Gasteiger partial charge in [-0.1, -0.05) is 24.3 Å². The molecule has 126 valence electrons. The van der Waals surface area contributed by atoms with Crippen LogP contribution in [0.1, 0.15) is 34.5 Å². The van der Waals surface area contributed by atoms with Gasteiger partial charge in [0.05, 0.1) is 11.0 Å². The number of carbonyl (C=O) groups is 1. The number of nitrogens with one attached hydrogen (secondary N) is 1. The standard InChI is InChI=1S/C20H19N3O2/c1-23-17-12-5-4-10-16(17)21-18(20(23)25)19(24)22-15-11-6-8-13-7-2-3-9-14(13)15/h4-6,8,10-12H,2-3,7,9H2,1H3,(H,22,24). The van der Waals surface area contributed by atoms with Gasteiger partial charge in [-0.2, -0.15) is 0 Å². The van der Waals surface area contributed by atoms with Crippen LogP contribution in [0.4, 0.5) is 5.69 Å². The number of carbonyl (C=O) groups excluding carboxylic acids is 1. The van der Waals surface area contributed by atoms with Gasteiger partial charge in [0, 0.05) is 12.7 Å². The molecule has 1 heterocycles. The monoisotopic (exact) mass is 333 g/mol. The Balaban J connectivity index is 1.74. The van der Waals surface area contributed by atoms with Crippen molar-refractivity contribution in [2.45, 2.75) is 25.7 Å². The predicted molar refractivity (Wildman–Crippen MR) is 98.0 cm³/mol. The maximum atomic E-state index is 12.7. The van der Waals surface area contributed by atoms with Gasteiger partial charge in [0.15, 0.2) is 5.69 Å². The molecule has 1 N–H and O–H groups in total. The molecule has 0 fully saturated rings. The maximum absolute atomic E-state index is 12.7. The zero-order chi connectivity index (χ0) is 17.4. The number of rotatable bonds is 2. The minimum atomic E-state index is -0.453. The maximum Gasteiger partial charge on any atom is 0.282 e. The number of amides is 1. The second kappa shape index (κ2) is 6.16. The number of aromatic nitrogens is 2. The highest BCUT2D eigenvalue weighted by Gasteiger charge is 2.19. The van der Waals surface area contributed by atoms with Crippen LogP contribution in [0.15, 0.2) is 47.3 Å². The molecule has 0 bridgehead atoms. The van der Waals surface area contributed by atoms with Crippen molar-refractivity contribution >= 4 is 22.6 Å². The summed E-state index contributed by atoms with van der Waals surface area (Å²) < 4.78 is 1.47. The van der Waals surface area contributed by atoms with Gasteiger partial charge in [0.2, 0.25) is 0 Å². The Morgan fingerprint density at radius 3 is 2.76 bits per heavy atom. The molecule has 1 aliphatic rings. The zero-order valence-corrected chi connectivity index (χ0v) is 14.1. The van der Waals surface area contributed by atoms with E-state index in [-0.39, 0.29) is 11.3 Å². The molecule has 2 aromatic carbocycles. The van der Waals surface area contributed by atoms with Crippen molar-refractivity contribution in [3.8, 4) is 0 Å². The average molecular weight is 333 g/mol. The minimum Gasteiger partial charge on any atom is -0.320 e. The van der Waals surface area contributed by atoms with E-state index in [1.807, 2.05) is 30.3 Å². The Morgan fingerprint density at radius 1 is 1.08 bits per heavy atom. The van der Waals surface area contributed by atoms with E-state index in [0.717, 1.165) is 24.9 Å². The number of anilines is 1. The molecule has 1 amide bonds. The van der Waals surface area contributed by atoms with Crippen molar-refractivity contribution in [3.63, 3.8) is 0 Å². The summed E-state index contributed by atoms with van der Waals surface area (Å²) in [6.07, 6.45) is 4.29. The lowest BCUT2D eigenvalue weighted by atomic mass is 9.90. The molecule has 4 rings (SSSR count). The molecule has 1 aromatic heterocycles. The molecule has 0 unspecified atom stereocenters. The van der Waals surface area contributed by atoms with Crippen LogP contribution < -0.4 is 10.9 Å². The molecule has 5 nitrogen and oxygen atoms in total. The van der Waals surface area contributed by atoms with Crippen LogP contribution in [-0.2, 0) is 19.9 Å². The van der Waals surface area contributed by atoms with E-state index < -0.39 is 5.91 Å². The van der Waals surface area contributed by atoms with Crippen molar-refractivity contribution in [2.24, 2.45) is 7.05 Å². The fourth-order valence-electron chi connectivity index (χ4n) is 3.51. The van der Waals surface area contributed by atoms with E-state index in [0.29, 0.717) is 11.0 Å². The Morgan fingerprint density at radius 2 is 1.88 bits per heavy atom. The summed E-state index contributed by atoms with van der Waals surface area (Å²) in [6.45, 7) is 0. The third kappa shape index (κ3) is 2.71. The molecular formula is C20H19N3O2. The van der Waals surface area contributed by atoms with Crippen LogP contribution in [0.3, 0.4) is 0 Å². The second-order valence-corrected chi connectivity index (χ2v) is 6.42. The first kappa shape index (κ1) is 15.6. The summed E-state index contributed by atoms with van der Waals surface area (Å²) in [4.78, 5) is 29.6. The van der Waals surface area contributed by atoms with E-state index >= 15 is 0 Å². The number of aryl methyl sites for hydroxylation is 2. The molecule has 5 heteroatoms. The van der Waals surface area contributed by atoms with E-state index in [4.69, 9.17) is 0 Å². The van der Waals surface area contributed by atoms with Gasteiger partial charge in [0.25, 0.3) is 11.5 Å². The fraction of sp³-hybridized carbons (Fsp3) is 0.250.